The zero-order chi connectivity index (χ0) is 12.0. The molecule has 0 aromatic rings. The fourth-order valence-electron chi connectivity index (χ4n) is 2.27. The van der Waals surface area contributed by atoms with Crippen molar-refractivity contribution in [1.29, 1.82) is 0 Å². The molecule has 0 saturated carbocycles. The van der Waals surface area contributed by atoms with E-state index in [1.165, 1.54) is 0 Å². The van der Waals surface area contributed by atoms with Gasteiger partial charge in [0.05, 0.1) is 6.61 Å². The number of nitrogens with two attached hydrogens (primary N) is 1. The third kappa shape index (κ3) is 4.37. The Morgan fingerprint density at radius 3 is 2.94 bits per heavy atom. The Kier molecular flexibility index (Phi) is 5.55. The molecule has 1 fully saturated rings. The molecule has 1 amide bonds. The third-order valence-electron chi connectivity index (χ3n) is 2.78. The summed E-state index contributed by atoms with van der Waals surface area (Å²) in [6.45, 7) is 7.93. The van der Waals surface area contributed by atoms with E-state index in [4.69, 9.17) is 10.5 Å². The first-order valence-corrected chi connectivity index (χ1v) is 6.01. The van der Waals surface area contributed by atoms with Gasteiger partial charge in [-0.25, -0.2) is 4.79 Å². The van der Waals surface area contributed by atoms with Crippen LogP contribution in [0.15, 0.2) is 0 Å². The second-order valence-corrected chi connectivity index (χ2v) is 4.45. The average molecular weight is 229 g/mol. The molecule has 5 heteroatoms. The number of carbonyl (C=O) groups is 1. The van der Waals surface area contributed by atoms with Crippen LogP contribution >= 0.6 is 0 Å². The Morgan fingerprint density at radius 1 is 1.56 bits per heavy atom. The number of piperidine rings is 1. The maximum absolute atomic E-state index is 11.3. The summed E-state index contributed by atoms with van der Waals surface area (Å²) >= 11 is 0. The molecular formula is C11H23N3O2. The molecule has 2 atom stereocenters. The van der Waals surface area contributed by atoms with Crippen LogP contribution in [-0.4, -0.2) is 49.8 Å². The van der Waals surface area contributed by atoms with Crippen molar-refractivity contribution in [2.45, 2.75) is 26.3 Å². The number of hydrogen-bond acceptors (Lipinski definition) is 4. The summed E-state index contributed by atoms with van der Waals surface area (Å²) in [5, 5.41) is 2.89. The van der Waals surface area contributed by atoms with Gasteiger partial charge in [-0.05, 0) is 19.3 Å². The topological polar surface area (TPSA) is 67.6 Å². The maximum atomic E-state index is 11.3. The molecule has 0 aromatic heterocycles. The van der Waals surface area contributed by atoms with Crippen LogP contribution in [0, 0.1) is 5.92 Å². The molecule has 1 aliphatic heterocycles. The van der Waals surface area contributed by atoms with Crippen molar-refractivity contribution in [3.05, 3.63) is 0 Å². The Morgan fingerprint density at radius 2 is 2.31 bits per heavy atom. The van der Waals surface area contributed by atoms with E-state index in [-0.39, 0.29) is 12.1 Å². The lowest BCUT2D eigenvalue weighted by Crippen LogP contribution is -2.51. The first-order chi connectivity index (χ1) is 7.65. The van der Waals surface area contributed by atoms with Gasteiger partial charge in [0.2, 0.25) is 0 Å². The summed E-state index contributed by atoms with van der Waals surface area (Å²) in [6, 6.07) is 0.189. The molecule has 0 aliphatic carbocycles. The minimum absolute atomic E-state index is 0.189. The van der Waals surface area contributed by atoms with E-state index in [1.54, 1.807) is 0 Å². The van der Waals surface area contributed by atoms with Gasteiger partial charge in [0, 0.05) is 32.2 Å². The second kappa shape index (κ2) is 6.70. The average Bonchev–Trinajstić information content (AvgIpc) is 2.17. The predicted molar refractivity (Wildman–Crippen MR) is 63.2 cm³/mol. The number of nitrogens with one attached hydrogen (secondary N) is 1. The Balaban J connectivity index is 2.37. The molecule has 1 rings (SSSR count). The number of nitrogens with zero attached hydrogens (tertiary/aromatic N) is 1. The minimum Gasteiger partial charge on any atom is -0.450 e. The second-order valence-electron chi connectivity index (χ2n) is 4.45. The van der Waals surface area contributed by atoms with Gasteiger partial charge in [-0.2, -0.15) is 0 Å². The quantitative estimate of drug-likeness (QED) is 0.732. The lowest BCUT2D eigenvalue weighted by Gasteiger charge is -2.36. The summed E-state index contributed by atoms with van der Waals surface area (Å²) in [5.41, 5.74) is 5.55. The van der Waals surface area contributed by atoms with Crippen molar-refractivity contribution in [3.8, 4) is 0 Å². The molecule has 1 heterocycles. The van der Waals surface area contributed by atoms with E-state index < -0.39 is 0 Å². The molecule has 1 saturated heterocycles. The Bertz CT molecular complexity index is 223. The molecule has 3 N–H and O–H groups in total. The molecule has 16 heavy (non-hydrogen) atoms. The van der Waals surface area contributed by atoms with E-state index in [1.807, 2.05) is 6.92 Å². The fourth-order valence-corrected chi connectivity index (χ4v) is 2.27. The molecule has 2 unspecified atom stereocenters. The standard InChI is InChI=1S/C11H23N3O2/c1-3-16-11(15)13-10-6-9(2)7-14(8-10)5-4-12/h9-10H,3-8,12H2,1-2H3,(H,13,15). The van der Waals surface area contributed by atoms with Crippen LogP contribution < -0.4 is 11.1 Å². The molecule has 0 aromatic carbocycles. The SMILES string of the molecule is CCOC(=O)NC1CC(C)CN(CCN)C1. The maximum Gasteiger partial charge on any atom is 0.407 e. The molecule has 0 radical (unpaired) electrons. The molecule has 94 valence electrons. The van der Waals surface area contributed by atoms with Gasteiger partial charge in [0.1, 0.15) is 0 Å². The van der Waals surface area contributed by atoms with Crippen molar-refractivity contribution in [1.82, 2.24) is 10.2 Å². The highest BCUT2D eigenvalue weighted by Gasteiger charge is 2.25. The minimum atomic E-state index is -0.311. The lowest BCUT2D eigenvalue weighted by molar-refractivity contribution is 0.122. The number of hydrogen-bond donors (Lipinski definition) is 2. The molecule has 0 bridgehead atoms. The van der Waals surface area contributed by atoms with E-state index in [9.17, 15) is 4.79 Å². The number of alkyl carbamates (subject to hydrolysis) is 1. The Labute approximate surface area is 97.3 Å². The van der Waals surface area contributed by atoms with Crippen LogP contribution in [0.25, 0.3) is 0 Å². The smallest absolute Gasteiger partial charge is 0.407 e. The monoisotopic (exact) mass is 229 g/mol. The van der Waals surface area contributed by atoms with Gasteiger partial charge in [-0.15, -0.1) is 0 Å². The molecular weight excluding hydrogens is 206 g/mol. The van der Waals surface area contributed by atoms with E-state index in [0.717, 1.165) is 26.1 Å². The fraction of sp³-hybridized carbons (Fsp3) is 0.909. The third-order valence-corrected chi connectivity index (χ3v) is 2.78. The summed E-state index contributed by atoms with van der Waals surface area (Å²) in [6.07, 6.45) is 0.703. The van der Waals surface area contributed by atoms with Crippen LogP contribution in [0.2, 0.25) is 0 Å². The van der Waals surface area contributed by atoms with Crippen LogP contribution in [0.1, 0.15) is 20.3 Å². The summed E-state index contributed by atoms with van der Waals surface area (Å²) in [7, 11) is 0. The summed E-state index contributed by atoms with van der Waals surface area (Å²) in [4.78, 5) is 13.6. The summed E-state index contributed by atoms with van der Waals surface area (Å²) in [5.74, 6) is 0.590. The van der Waals surface area contributed by atoms with Crippen molar-refractivity contribution in [2.75, 3.05) is 32.8 Å². The van der Waals surface area contributed by atoms with Gasteiger partial charge in [-0.1, -0.05) is 6.92 Å². The van der Waals surface area contributed by atoms with E-state index >= 15 is 0 Å². The van der Waals surface area contributed by atoms with E-state index in [2.05, 4.69) is 17.1 Å². The highest BCUT2D eigenvalue weighted by molar-refractivity contribution is 5.67. The first kappa shape index (κ1) is 13.3. The van der Waals surface area contributed by atoms with Crippen LogP contribution in [0.3, 0.4) is 0 Å². The van der Waals surface area contributed by atoms with Crippen molar-refractivity contribution in [2.24, 2.45) is 11.7 Å². The Hall–Kier alpha value is -0.810. The normalized spacial score (nSPS) is 26.4. The number of ether oxygens (including phenoxy) is 1. The number of likely N-dealkylation sites (tertiary alicyclic amines) is 1. The zero-order valence-electron chi connectivity index (χ0n) is 10.2. The van der Waals surface area contributed by atoms with Crippen LogP contribution in [-0.2, 0) is 4.74 Å². The summed E-state index contributed by atoms with van der Waals surface area (Å²) < 4.78 is 4.88. The van der Waals surface area contributed by atoms with Gasteiger partial charge < -0.3 is 15.8 Å². The number of carbonyl (C=O) groups excluding carboxylic acids is 1. The van der Waals surface area contributed by atoms with Gasteiger partial charge in [-0.3, -0.25) is 4.90 Å². The predicted octanol–water partition coefficient (Wildman–Crippen LogP) is 0.402. The van der Waals surface area contributed by atoms with Gasteiger partial charge in [0.15, 0.2) is 0 Å². The van der Waals surface area contributed by atoms with Crippen molar-refractivity contribution >= 4 is 6.09 Å². The number of amides is 1. The van der Waals surface area contributed by atoms with Crippen molar-refractivity contribution in [3.63, 3.8) is 0 Å². The molecule has 5 nitrogen and oxygen atoms in total. The number of rotatable bonds is 4. The largest absolute Gasteiger partial charge is 0.450 e. The zero-order valence-corrected chi connectivity index (χ0v) is 10.2. The molecule has 0 spiro atoms. The van der Waals surface area contributed by atoms with Crippen LogP contribution in [0.5, 0.6) is 0 Å². The van der Waals surface area contributed by atoms with Gasteiger partial charge >= 0.3 is 6.09 Å². The highest BCUT2D eigenvalue weighted by atomic mass is 16.5. The lowest BCUT2D eigenvalue weighted by atomic mass is 9.96. The van der Waals surface area contributed by atoms with Crippen LogP contribution in [0.4, 0.5) is 4.79 Å². The first-order valence-electron chi connectivity index (χ1n) is 6.01. The highest BCUT2D eigenvalue weighted by Crippen LogP contribution is 2.15. The van der Waals surface area contributed by atoms with Crippen molar-refractivity contribution < 1.29 is 9.53 Å². The molecule has 1 aliphatic rings. The van der Waals surface area contributed by atoms with Gasteiger partial charge in [0.25, 0.3) is 0 Å². The van der Waals surface area contributed by atoms with E-state index in [0.29, 0.717) is 19.1 Å².